The second-order valence-electron chi connectivity index (χ2n) is 8.64. The number of amides is 1. The maximum atomic E-state index is 13.5. The van der Waals surface area contributed by atoms with E-state index in [9.17, 15) is 22.4 Å². The van der Waals surface area contributed by atoms with E-state index in [4.69, 9.17) is 0 Å². The highest BCUT2D eigenvalue weighted by Crippen LogP contribution is 2.25. The lowest BCUT2D eigenvalue weighted by atomic mass is 10.1. The van der Waals surface area contributed by atoms with Crippen molar-refractivity contribution in [3.63, 3.8) is 0 Å². The van der Waals surface area contributed by atoms with E-state index < -0.39 is 10.0 Å². The van der Waals surface area contributed by atoms with Gasteiger partial charge < -0.3 is 5.32 Å². The highest BCUT2D eigenvalue weighted by atomic mass is 32.2. The molecular formula is C25H28FN5O4S2. The van der Waals surface area contributed by atoms with E-state index in [1.54, 1.807) is 16.7 Å². The van der Waals surface area contributed by atoms with Crippen LogP contribution in [-0.2, 0) is 21.2 Å². The Bertz CT molecular complexity index is 1350. The van der Waals surface area contributed by atoms with Gasteiger partial charge in [0.05, 0.1) is 10.6 Å². The molecule has 0 spiro atoms. The molecule has 1 N–H and O–H groups in total. The molecule has 2 heterocycles. The summed E-state index contributed by atoms with van der Waals surface area (Å²) in [6.07, 6.45) is 2.86. The van der Waals surface area contributed by atoms with Crippen molar-refractivity contribution < 1.29 is 22.4 Å². The van der Waals surface area contributed by atoms with Crippen molar-refractivity contribution >= 4 is 33.5 Å². The van der Waals surface area contributed by atoms with Gasteiger partial charge in [-0.05, 0) is 55.7 Å². The lowest BCUT2D eigenvalue weighted by molar-refractivity contribution is -0.118. The van der Waals surface area contributed by atoms with Gasteiger partial charge in [0.1, 0.15) is 11.6 Å². The minimum absolute atomic E-state index is 0.0590. The van der Waals surface area contributed by atoms with Gasteiger partial charge >= 0.3 is 0 Å². The van der Waals surface area contributed by atoms with Crippen LogP contribution in [-0.4, -0.2) is 64.6 Å². The van der Waals surface area contributed by atoms with Crippen molar-refractivity contribution in [2.75, 3.05) is 25.4 Å². The van der Waals surface area contributed by atoms with E-state index in [-0.39, 0.29) is 28.2 Å². The number of halogens is 1. The molecule has 12 heteroatoms. The summed E-state index contributed by atoms with van der Waals surface area (Å²) in [6.45, 7) is 2.97. The molecule has 1 aliphatic rings. The van der Waals surface area contributed by atoms with Gasteiger partial charge in [-0.1, -0.05) is 23.9 Å². The summed E-state index contributed by atoms with van der Waals surface area (Å²) < 4.78 is 42.2. The maximum absolute atomic E-state index is 13.5. The van der Waals surface area contributed by atoms with Crippen LogP contribution in [0.15, 0.2) is 58.6 Å². The van der Waals surface area contributed by atoms with E-state index >= 15 is 0 Å². The van der Waals surface area contributed by atoms with E-state index in [2.05, 4.69) is 15.5 Å². The number of ketones is 1. The molecule has 0 atom stereocenters. The molecule has 0 bridgehead atoms. The Kier molecular flexibility index (Phi) is 8.72. The van der Waals surface area contributed by atoms with Crippen LogP contribution in [0, 0.1) is 5.82 Å². The number of hydrogen-bond donors (Lipinski definition) is 1. The first kappa shape index (κ1) is 27.0. The fourth-order valence-electron chi connectivity index (χ4n) is 4.02. The summed E-state index contributed by atoms with van der Waals surface area (Å²) in [4.78, 5) is 24.2. The van der Waals surface area contributed by atoms with E-state index in [0.717, 1.165) is 12.8 Å². The van der Waals surface area contributed by atoms with E-state index in [0.29, 0.717) is 54.7 Å². The Morgan fingerprint density at radius 1 is 1.03 bits per heavy atom. The first-order chi connectivity index (χ1) is 17.8. The number of Topliss-reactive ketones (excluding diaryl/α,β-unsaturated/α-hetero) is 1. The minimum Gasteiger partial charge on any atom is -0.356 e. The molecule has 4 rings (SSSR count). The number of rotatable bonds is 11. The number of benzene rings is 2. The van der Waals surface area contributed by atoms with Gasteiger partial charge in [0.2, 0.25) is 15.9 Å². The first-order valence-electron chi connectivity index (χ1n) is 12.0. The molecule has 0 saturated carbocycles. The first-order valence-corrected chi connectivity index (χ1v) is 14.4. The van der Waals surface area contributed by atoms with Gasteiger partial charge in [-0.3, -0.25) is 14.2 Å². The summed E-state index contributed by atoms with van der Waals surface area (Å²) >= 11 is 1.19. The third kappa shape index (κ3) is 6.62. The van der Waals surface area contributed by atoms with Gasteiger partial charge in [-0.2, -0.15) is 4.31 Å². The van der Waals surface area contributed by atoms with Crippen molar-refractivity contribution in [2.45, 2.75) is 42.7 Å². The topological polar surface area (TPSA) is 114 Å². The molecule has 37 heavy (non-hydrogen) atoms. The minimum atomic E-state index is -3.54. The molecule has 1 fully saturated rings. The quantitative estimate of drug-likeness (QED) is 0.224. The SMILES string of the molecule is CC(=O)NCCCc1nnc(SCC(=O)c2ccc(S(=O)(=O)N3CCCC3)cc2)n1-c1ccc(F)cc1. The predicted molar refractivity (Wildman–Crippen MR) is 138 cm³/mol. The largest absolute Gasteiger partial charge is 0.356 e. The zero-order chi connectivity index (χ0) is 26.4. The number of thioether (sulfide) groups is 1. The van der Waals surface area contributed by atoms with Crippen LogP contribution in [0.3, 0.4) is 0 Å². The molecule has 3 aromatic rings. The zero-order valence-corrected chi connectivity index (χ0v) is 22.0. The van der Waals surface area contributed by atoms with Gasteiger partial charge in [-0.25, -0.2) is 12.8 Å². The fraction of sp³-hybridized carbons (Fsp3) is 0.360. The molecule has 0 radical (unpaired) electrons. The Balaban J connectivity index is 1.46. The molecule has 1 aromatic heterocycles. The Hall–Kier alpha value is -3.09. The molecule has 196 valence electrons. The van der Waals surface area contributed by atoms with Crippen molar-refractivity contribution in [1.29, 1.82) is 0 Å². The third-order valence-electron chi connectivity index (χ3n) is 5.95. The molecule has 0 aliphatic carbocycles. The monoisotopic (exact) mass is 545 g/mol. The van der Waals surface area contributed by atoms with E-state index in [1.165, 1.54) is 59.4 Å². The highest BCUT2D eigenvalue weighted by molar-refractivity contribution is 7.99. The van der Waals surface area contributed by atoms with Gasteiger partial charge in [0.25, 0.3) is 0 Å². The number of carbonyl (C=O) groups is 2. The van der Waals surface area contributed by atoms with Crippen LogP contribution in [0.5, 0.6) is 0 Å². The van der Waals surface area contributed by atoms with E-state index in [1.807, 2.05) is 0 Å². The number of sulfonamides is 1. The Morgan fingerprint density at radius 3 is 2.35 bits per heavy atom. The number of aryl methyl sites for hydroxylation is 1. The summed E-state index contributed by atoms with van der Waals surface area (Å²) in [5.74, 6) is 0.0168. The Labute approximate surface area is 219 Å². The standard InChI is InChI=1S/C25H28FN5O4S2/c1-18(32)27-14-4-5-24-28-29-25(31(24)21-10-8-20(26)9-11-21)36-17-23(33)19-6-12-22(13-7-19)37(34,35)30-15-2-3-16-30/h6-13H,2-5,14-17H2,1H3,(H,27,32). The second-order valence-corrected chi connectivity index (χ2v) is 11.5. The van der Waals surface area contributed by atoms with Gasteiger partial charge in [-0.15, -0.1) is 10.2 Å². The van der Waals surface area contributed by atoms with Crippen molar-refractivity contribution in [1.82, 2.24) is 24.4 Å². The van der Waals surface area contributed by atoms with Crippen molar-refractivity contribution in [3.05, 3.63) is 65.7 Å². The highest BCUT2D eigenvalue weighted by Gasteiger charge is 2.27. The van der Waals surface area contributed by atoms with Crippen molar-refractivity contribution in [3.8, 4) is 5.69 Å². The molecule has 9 nitrogen and oxygen atoms in total. The molecular weight excluding hydrogens is 517 g/mol. The van der Waals surface area contributed by atoms with Crippen LogP contribution < -0.4 is 5.32 Å². The number of nitrogens with one attached hydrogen (secondary N) is 1. The molecule has 0 unspecified atom stereocenters. The summed E-state index contributed by atoms with van der Waals surface area (Å²) in [6, 6.07) is 11.9. The van der Waals surface area contributed by atoms with Crippen LogP contribution >= 0.6 is 11.8 Å². The maximum Gasteiger partial charge on any atom is 0.243 e. The fourth-order valence-corrected chi connectivity index (χ4v) is 6.40. The summed E-state index contributed by atoms with van der Waals surface area (Å²) in [5.41, 5.74) is 1.06. The van der Waals surface area contributed by atoms with Crippen LogP contribution in [0.4, 0.5) is 4.39 Å². The predicted octanol–water partition coefficient (Wildman–Crippen LogP) is 3.23. The third-order valence-corrected chi connectivity index (χ3v) is 8.79. The summed E-state index contributed by atoms with van der Waals surface area (Å²) in [7, 11) is -3.54. The van der Waals surface area contributed by atoms with Crippen LogP contribution in [0.25, 0.3) is 5.69 Å². The lowest BCUT2D eigenvalue weighted by Crippen LogP contribution is -2.27. The normalized spacial score (nSPS) is 14.1. The molecule has 1 saturated heterocycles. The number of nitrogens with zero attached hydrogens (tertiary/aromatic N) is 4. The average molecular weight is 546 g/mol. The van der Waals surface area contributed by atoms with Crippen LogP contribution in [0.2, 0.25) is 0 Å². The van der Waals surface area contributed by atoms with Gasteiger partial charge in [0, 0.05) is 44.2 Å². The number of aromatic nitrogens is 3. The summed E-state index contributed by atoms with van der Waals surface area (Å²) in [5, 5.41) is 11.7. The molecule has 1 amide bonds. The van der Waals surface area contributed by atoms with Gasteiger partial charge in [0.15, 0.2) is 10.9 Å². The molecule has 1 aliphatic heterocycles. The lowest BCUT2D eigenvalue weighted by Gasteiger charge is -2.15. The van der Waals surface area contributed by atoms with Crippen LogP contribution in [0.1, 0.15) is 42.4 Å². The number of carbonyl (C=O) groups excluding carboxylic acids is 2. The molecule has 2 aromatic carbocycles. The zero-order valence-electron chi connectivity index (χ0n) is 20.4. The average Bonchev–Trinajstić information content (AvgIpc) is 3.57. The Morgan fingerprint density at radius 2 is 1.70 bits per heavy atom. The second kappa shape index (κ2) is 12.0. The smallest absolute Gasteiger partial charge is 0.243 e. The number of hydrogen-bond acceptors (Lipinski definition) is 7. The van der Waals surface area contributed by atoms with Crippen molar-refractivity contribution in [2.24, 2.45) is 0 Å².